The number of ether oxygens (including phenoxy) is 1. The van der Waals surface area contributed by atoms with Crippen molar-refractivity contribution in [1.82, 2.24) is 4.98 Å². The highest BCUT2D eigenvalue weighted by Crippen LogP contribution is 2.44. The second-order valence-corrected chi connectivity index (χ2v) is 10.7. The van der Waals surface area contributed by atoms with E-state index in [9.17, 15) is 14.7 Å². The predicted octanol–water partition coefficient (Wildman–Crippen LogP) is 6.67. The van der Waals surface area contributed by atoms with Gasteiger partial charge in [0.1, 0.15) is 11.5 Å². The largest absolute Gasteiger partial charge is 0.507 e. The SMILES string of the molecule is COc1ccc(C(O)=C2C(=O)C(=O)N(c3nc4ccc(C)cc4s3)[C@@H]2c2ccc(C(C)C)cc2)cc1C. The van der Waals surface area contributed by atoms with Crippen LogP contribution in [0.2, 0.25) is 0 Å². The smallest absolute Gasteiger partial charge is 0.301 e. The molecule has 188 valence electrons. The standard InChI is InChI=1S/C30H28N2O4S/c1-16(2)19-7-9-20(10-8-19)26-25(27(33)21-11-13-23(36-5)18(4)15-21)28(34)29(35)32(26)30-31-22-12-6-17(3)14-24(22)37-30/h6-16,26,33H,1-5H3/t26-/m1/s1. The van der Waals surface area contributed by atoms with Gasteiger partial charge in [-0.25, -0.2) is 4.98 Å². The summed E-state index contributed by atoms with van der Waals surface area (Å²) in [6.07, 6.45) is 0. The van der Waals surface area contributed by atoms with Gasteiger partial charge in [0.2, 0.25) is 0 Å². The van der Waals surface area contributed by atoms with E-state index in [0.717, 1.165) is 32.5 Å². The number of amides is 1. The molecule has 0 aliphatic carbocycles. The molecule has 0 bridgehead atoms. The van der Waals surface area contributed by atoms with E-state index in [1.165, 1.54) is 16.2 Å². The molecular weight excluding hydrogens is 484 g/mol. The van der Waals surface area contributed by atoms with Gasteiger partial charge in [-0.2, -0.15) is 0 Å². The second-order valence-electron chi connectivity index (χ2n) is 9.64. The lowest BCUT2D eigenvalue weighted by molar-refractivity contribution is -0.132. The molecule has 1 amide bonds. The number of Topliss-reactive ketones (excluding diaryl/α,β-unsaturated/α-hetero) is 1. The Hall–Kier alpha value is -3.97. The molecular formula is C30H28N2O4S. The van der Waals surface area contributed by atoms with E-state index >= 15 is 0 Å². The Morgan fingerprint density at radius 1 is 1.03 bits per heavy atom. The van der Waals surface area contributed by atoms with Crippen LogP contribution >= 0.6 is 11.3 Å². The van der Waals surface area contributed by atoms with E-state index in [4.69, 9.17) is 9.72 Å². The Morgan fingerprint density at radius 3 is 2.41 bits per heavy atom. The fourth-order valence-electron chi connectivity index (χ4n) is 4.71. The zero-order valence-electron chi connectivity index (χ0n) is 21.4. The summed E-state index contributed by atoms with van der Waals surface area (Å²) in [6.45, 7) is 8.07. The number of aromatic nitrogens is 1. The van der Waals surface area contributed by atoms with Gasteiger partial charge in [0.05, 0.1) is 28.9 Å². The number of carbonyl (C=O) groups excluding carboxylic acids is 2. The van der Waals surface area contributed by atoms with Gasteiger partial charge >= 0.3 is 5.91 Å². The quantitative estimate of drug-likeness (QED) is 0.183. The first kappa shape index (κ1) is 24.7. The van der Waals surface area contributed by atoms with E-state index in [-0.39, 0.29) is 11.3 Å². The maximum absolute atomic E-state index is 13.5. The van der Waals surface area contributed by atoms with Crippen molar-refractivity contribution in [3.05, 3.63) is 94.1 Å². The number of thiazole rings is 1. The Balaban J connectivity index is 1.71. The second kappa shape index (κ2) is 9.48. The number of hydrogen-bond acceptors (Lipinski definition) is 6. The van der Waals surface area contributed by atoms with E-state index in [0.29, 0.717) is 22.4 Å². The van der Waals surface area contributed by atoms with Gasteiger partial charge in [-0.1, -0.05) is 55.5 Å². The molecule has 0 unspecified atom stereocenters. The van der Waals surface area contributed by atoms with Crippen molar-refractivity contribution in [3.63, 3.8) is 0 Å². The van der Waals surface area contributed by atoms with Crippen molar-refractivity contribution in [3.8, 4) is 5.75 Å². The highest BCUT2D eigenvalue weighted by Gasteiger charge is 2.48. The lowest BCUT2D eigenvalue weighted by atomic mass is 9.93. The number of ketones is 1. The number of benzene rings is 3. The van der Waals surface area contributed by atoms with Gasteiger partial charge in [-0.15, -0.1) is 0 Å². The molecule has 37 heavy (non-hydrogen) atoms. The molecule has 1 aliphatic rings. The zero-order valence-corrected chi connectivity index (χ0v) is 22.2. The monoisotopic (exact) mass is 512 g/mol. The minimum absolute atomic E-state index is 0.0438. The van der Waals surface area contributed by atoms with Crippen LogP contribution in [-0.2, 0) is 9.59 Å². The van der Waals surface area contributed by atoms with Crippen molar-refractivity contribution in [1.29, 1.82) is 0 Å². The Labute approximate surface area is 219 Å². The molecule has 0 radical (unpaired) electrons. The van der Waals surface area contributed by atoms with Crippen LogP contribution in [-0.4, -0.2) is 28.9 Å². The van der Waals surface area contributed by atoms with Crippen LogP contribution in [0.15, 0.2) is 66.2 Å². The molecule has 7 heteroatoms. The number of aliphatic hydroxyl groups is 1. The first-order chi connectivity index (χ1) is 17.7. The summed E-state index contributed by atoms with van der Waals surface area (Å²) in [4.78, 5) is 33.1. The third kappa shape index (κ3) is 4.29. The minimum atomic E-state index is -0.815. The van der Waals surface area contributed by atoms with Crippen molar-refractivity contribution in [2.45, 2.75) is 39.7 Å². The van der Waals surface area contributed by atoms with Crippen LogP contribution in [0.25, 0.3) is 16.0 Å². The topological polar surface area (TPSA) is 79.7 Å². The summed E-state index contributed by atoms with van der Waals surface area (Å²) < 4.78 is 6.27. The van der Waals surface area contributed by atoms with Gasteiger partial charge < -0.3 is 9.84 Å². The van der Waals surface area contributed by atoms with Gasteiger partial charge in [-0.3, -0.25) is 14.5 Å². The van der Waals surface area contributed by atoms with Crippen molar-refractivity contribution in [2.75, 3.05) is 12.0 Å². The molecule has 0 spiro atoms. The van der Waals surface area contributed by atoms with Gasteiger partial charge in [-0.05, 0) is 72.4 Å². The van der Waals surface area contributed by atoms with E-state index < -0.39 is 17.7 Å². The summed E-state index contributed by atoms with van der Waals surface area (Å²) in [6, 6.07) is 18.1. The van der Waals surface area contributed by atoms with Crippen LogP contribution in [0.3, 0.4) is 0 Å². The molecule has 1 atom stereocenters. The molecule has 1 aliphatic heterocycles. The van der Waals surface area contributed by atoms with Gasteiger partial charge in [0, 0.05) is 5.56 Å². The number of rotatable bonds is 5. The Kier molecular flexibility index (Phi) is 6.33. The van der Waals surface area contributed by atoms with E-state index in [1.54, 1.807) is 25.3 Å². The van der Waals surface area contributed by atoms with Crippen molar-refractivity contribution >= 4 is 44.1 Å². The van der Waals surface area contributed by atoms with E-state index in [2.05, 4.69) is 13.8 Å². The van der Waals surface area contributed by atoms with Crippen LogP contribution in [0, 0.1) is 13.8 Å². The molecule has 4 aromatic rings. The Bertz CT molecular complexity index is 1570. The molecule has 1 N–H and O–H groups in total. The third-order valence-corrected chi connectivity index (χ3v) is 7.79. The average molecular weight is 513 g/mol. The summed E-state index contributed by atoms with van der Waals surface area (Å²) in [7, 11) is 1.58. The molecule has 1 saturated heterocycles. The van der Waals surface area contributed by atoms with Crippen LogP contribution in [0.4, 0.5) is 5.13 Å². The average Bonchev–Trinajstić information content (AvgIpc) is 3.41. The number of nitrogens with zero attached hydrogens (tertiary/aromatic N) is 2. The first-order valence-corrected chi connectivity index (χ1v) is 12.9. The summed E-state index contributed by atoms with van der Waals surface area (Å²) in [5.74, 6) is -0.667. The molecule has 3 aromatic carbocycles. The molecule has 6 nitrogen and oxygen atoms in total. The number of anilines is 1. The van der Waals surface area contributed by atoms with Crippen molar-refractivity contribution in [2.24, 2.45) is 0 Å². The van der Waals surface area contributed by atoms with Gasteiger partial charge in [0.15, 0.2) is 5.13 Å². The normalized spacial score (nSPS) is 17.2. The molecule has 5 rings (SSSR count). The highest BCUT2D eigenvalue weighted by molar-refractivity contribution is 7.22. The number of aliphatic hydroxyl groups excluding tert-OH is 1. The summed E-state index contributed by atoms with van der Waals surface area (Å²) in [5, 5.41) is 11.9. The van der Waals surface area contributed by atoms with Crippen LogP contribution < -0.4 is 9.64 Å². The lowest BCUT2D eigenvalue weighted by Crippen LogP contribution is -2.29. The predicted molar refractivity (Wildman–Crippen MR) is 147 cm³/mol. The maximum atomic E-state index is 13.5. The molecule has 2 heterocycles. The fraction of sp³-hybridized carbons (Fsp3) is 0.233. The molecule has 0 saturated carbocycles. The molecule has 1 fully saturated rings. The Morgan fingerprint density at radius 2 is 1.76 bits per heavy atom. The molecule has 1 aromatic heterocycles. The van der Waals surface area contributed by atoms with Crippen molar-refractivity contribution < 1.29 is 19.4 Å². The number of hydrogen-bond donors (Lipinski definition) is 1. The number of fused-ring (bicyclic) bond motifs is 1. The number of methoxy groups -OCH3 is 1. The lowest BCUT2D eigenvalue weighted by Gasteiger charge is -2.23. The van der Waals surface area contributed by atoms with Gasteiger partial charge in [0.25, 0.3) is 5.78 Å². The fourth-order valence-corrected chi connectivity index (χ4v) is 5.80. The number of carbonyl (C=O) groups is 2. The summed E-state index contributed by atoms with van der Waals surface area (Å²) >= 11 is 1.36. The van der Waals surface area contributed by atoms with Crippen LogP contribution in [0.5, 0.6) is 5.75 Å². The highest BCUT2D eigenvalue weighted by atomic mass is 32.1. The summed E-state index contributed by atoms with van der Waals surface area (Å²) in [5.41, 5.74) is 5.00. The van der Waals surface area contributed by atoms with E-state index in [1.807, 2.05) is 56.3 Å². The first-order valence-electron chi connectivity index (χ1n) is 12.1. The third-order valence-electron chi connectivity index (χ3n) is 6.77. The van der Waals surface area contributed by atoms with Crippen LogP contribution in [0.1, 0.15) is 53.6 Å². The maximum Gasteiger partial charge on any atom is 0.301 e. The zero-order chi connectivity index (χ0) is 26.4. The minimum Gasteiger partial charge on any atom is -0.507 e. The number of aryl methyl sites for hydroxylation is 2.